The summed E-state index contributed by atoms with van der Waals surface area (Å²) in [5, 5.41) is 6.57. The summed E-state index contributed by atoms with van der Waals surface area (Å²) in [6.45, 7) is 6.36. The molecule has 0 aliphatic heterocycles. The molecule has 1 rings (SSSR count). The molecule has 0 radical (unpaired) electrons. The number of hydrogen-bond acceptors (Lipinski definition) is 5. The van der Waals surface area contributed by atoms with E-state index in [9.17, 15) is 4.79 Å². The summed E-state index contributed by atoms with van der Waals surface area (Å²) in [7, 11) is 4.68. The third kappa shape index (κ3) is 4.50. The van der Waals surface area contributed by atoms with E-state index in [1.807, 2.05) is 20.8 Å². The van der Waals surface area contributed by atoms with Crippen LogP contribution in [0.3, 0.4) is 0 Å². The lowest BCUT2D eigenvalue weighted by Crippen LogP contribution is -2.38. The Hall–Kier alpha value is -1.60. The van der Waals surface area contributed by atoms with Gasteiger partial charge in [0.2, 0.25) is 5.88 Å². The number of anilines is 1. The van der Waals surface area contributed by atoms with Crippen LogP contribution in [0, 0.1) is 0 Å². The number of nitrogens with one attached hydrogen (secondary N) is 1. The molecule has 114 valence electrons. The highest BCUT2D eigenvalue weighted by Gasteiger charge is 2.21. The van der Waals surface area contributed by atoms with E-state index in [0.717, 1.165) is 5.69 Å². The Morgan fingerprint density at radius 1 is 1.45 bits per heavy atom. The van der Waals surface area contributed by atoms with Crippen molar-refractivity contribution in [2.45, 2.75) is 32.5 Å². The zero-order chi connectivity index (χ0) is 15.3. The average molecular weight is 285 g/mol. The van der Waals surface area contributed by atoms with Crippen LogP contribution in [-0.4, -0.2) is 50.2 Å². The number of carbonyl (C=O) groups excluding carboxylic acids is 1. The zero-order valence-corrected chi connectivity index (χ0v) is 12.9. The number of ether oxygens (including phenoxy) is 2. The minimum absolute atomic E-state index is 0.129. The maximum Gasteiger partial charge on any atom is 0.324 e. The van der Waals surface area contributed by atoms with Gasteiger partial charge in [0.05, 0.1) is 12.2 Å². The number of urea groups is 1. The van der Waals surface area contributed by atoms with Gasteiger partial charge in [-0.15, -0.1) is 0 Å². The predicted octanol–water partition coefficient (Wildman–Crippen LogP) is 2.05. The van der Waals surface area contributed by atoms with Crippen LogP contribution in [0.1, 0.15) is 26.5 Å². The Labute approximate surface area is 119 Å². The molecular weight excluding hydrogens is 262 g/mol. The second-order valence-electron chi connectivity index (χ2n) is 5.54. The minimum Gasteiger partial charge on any atom is -0.354 e. The smallest absolute Gasteiger partial charge is 0.324 e. The summed E-state index contributed by atoms with van der Waals surface area (Å²) in [4.78, 5) is 13.4. The topological polar surface area (TPSA) is 76.8 Å². The third-order valence-electron chi connectivity index (χ3n) is 2.80. The van der Waals surface area contributed by atoms with E-state index in [0.29, 0.717) is 12.4 Å². The van der Waals surface area contributed by atoms with Crippen molar-refractivity contribution < 1.29 is 18.8 Å². The Morgan fingerprint density at radius 3 is 2.50 bits per heavy atom. The number of hydrogen-bond donors (Lipinski definition) is 1. The second kappa shape index (κ2) is 6.71. The van der Waals surface area contributed by atoms with E-state index >= 15 is 0 Å². The molecular formula is C13H23N3O4. The summed E-state index contributed by atoms with van der Waals surface area (Å²) < 4.78 is 15.2. The molecule has 1 aromatic rings. The van der Waals surface area contributed by atoms with Crippen molar-refractivity contribution in [3.8, 4) is 0 Å². The van der Waals surface area contributed by atoms with Crippen molar-refractivity contribution in [2.75, 3.05) is 33.1 Å². The van der Waals surface area contributed by atoms with E-state index < -0.39 is 6.29 Å². The van der Waals surface area contributed by atoms with E-state index in [-0.39, 0.29) is 11.4 Å². The van der Waals surface area contributed by atoms with Crippen molar-refractivity contribution in [3.63, 3.8) is 0 Å². The molecule has 7 nitrogen and oxygen atoms in total. The molecule has 0 aromatic carbocycles. The lowest BCUT2D eigenvalue weighted by atomic mass is 9.92. The van der Waals surface area contributed by atoms with Gasteiger partial charge in [-0.3, -0.25) is 5.32 Å². The first kappa shape index (κ1) is 16.5. The van der Waals surface area contributed by atoms with Gasteiger partial charge in [0.25, 0.3) is 0 Å². The van der Waals surface area contributed by atoms with Crippen molar-refractivity contribution in [3.05, 3.63) is 11.8 Å². The SMILES string of the molecule is COC(CN(C)C(=O)Nc1cc(C(C)(C)C)no1)OC. The average Bonchev–Trinajstić information content (AvgIpc) is 2.83. The van der Waals surface area contributed by atoms with Crippen LogP contribution < -0.4 is 5.32 Å². The van der Waals surface area contributed by atoms with Gasteiger partial charge in [0, 0.05) is 32.7 Å². The molecule has 1 N–H and O–H groups in total. The molecule has 0 aliphatic rings. The Balaban J connectivity index is 2.59. The highest BCUT2D eigenvalue weighted by atomic mass is 16.7. The van der Waals surface area contributed by atoms with Crippen LogP contribution in [0.5, 0.6) is 0 Å². The number of methoxy groups -OCH3 is 2. The maximum absolute atomic E-state index is 12.0. The van der Waals surface area contributed by atoms with Crippen molar-refractivity contribution >= 4 is 11.9 Å². The zero-order valence-electron chi connectivity index (χ0n) is 12.9. The van der Waals surface area contributed by atoms with Gasteiger partial charge >= 0.3 is 6.03 Å². The number of carbonyl (C=O) groups is 1. The first-order chi connectivity index (χ1) is 9.27. The lowest BCUT2D eigenvalue weighted by molar-refractivity contribution is -0.108. The summed E-state index contributed by atoms with van der Waals surface area (Å²) in [5.41, 5.74) is 0.650. The van der Waals surface area contributed by atoms with Gasteiger partial charge in [-0.25, -0.2) is 4.79 Å². The molecule has 2 amide bonds. The van der Waals surface area contributed by atoms with Gasteiger partial charge in [-0.05, 0) is 0 Å². The second-order valence-corrected chi connectivity index (χ2v) is 5.54. The molecule has 20 heavy (non-hydrogen) atoms. The Bertz CT molecular complexity index is 435. The van der Waals surface area contributed by atoms with Crippen LogP contribution in [0.2, 0.25) is 0 Å². The molecule has 1 heterocycles. The van der Waals surface area contributed by atoms with E-state index in [4.69, 9.17) is 14.0 Å². The summed E-state index contributed by atoms with van der Waals surface area (Å²) in [6.07, 6.45) is -0.467. The van der Waals surface area contributed by atoms with Gasteiger partial charge in [-0.2, -0.15) is 0 Å². The molecule has 1 aromatic heterocycles. The van der Waals surface area contributed by atoms with Crippen LogP contribution in [-0.2, 0) is 14.9 Å². The largest absolute Gasteiger partial charge is 0.354 e. The summed E-state index contributed by atoms with van der Waals surface area (Å²) in [6, 6.07) is 1.40. The maximum atomic E-state index is 12.0. The quantitative estimate of drug-likeness (QED) is 0.838. The predicted molar refractivity (Wildman–Crippen MR) is 74.7 cm³/mol. The Kier molecular flexibility index (Phi) is 5.52. The molecule has 0 aliphatic carbocycles. The van der Waals surface area contributed by atoms with Crippen molar-refractivity contribution in [2.24, 2.45) is 0 Å². The number of likely N-dealkylation sites (N-methyl/N-ethyl adjacent to an activating group) is 1. The van der Waals surface area contributed by atoms with Gasteiger partial charge in [-0.1, -0.05) is 25.9 Å². The van der Waals surface area contributed by atoms with E-state index in [1.54, 1.807) is 13.1 Å². The van der Waals surface area contributed by atoms with Gasteiger partial charge in [0.1, 0.15) is 0 Å². The number of amides is 2. The van der Waals surface area contributed by atoms with Gasteiger partial charge in [0.15, 0.2) is 6.29 Å². The van der Waals surface area contributed by atoms with Crippen LogP contribution in [0.25, 0.3) is 0 Å². The molecule has 0 fully saturated rings. The molecule has 0 unspecified atom stereocenters. The normalized spacial score (nSPS) is 11.8. The molecule has 0 saturated carbocycles. The number of nitrogens with zero attached hydrogens (tertiary/aromatic N) is 2. The van der Waals surface area contributed by atoms with Crippen LogP contribution in [0.4, 0.5) is 10.7 Å². The molecule has 0 bridgehead atoms. The first-order valence-corrected chi connectivity index (χ1v) is 6.32. The fraction of sp³-hybridized carbons (Fsp3) is 0.692. The minimum atomic E-state index is -0.467. The first-order valence-electron chi connectivity index (χ1n) is 6.32. The van der Waals surface area contributed by atoms with E-state index in [2.05, 4.69) is 10.5 Å². The van der Waals surface area contributed by atoms with Crippen molar-refractivity contribution in [1.82, 2.24) is 10.1 Å². The highest BCUT2D eigenvalue weighted by molar-refractivity contribution is 5.87. The lowest BCUT2D eigenvalue weighted by Gasteiger charge is -2.21. The summed E-state index contributed by atoms with van der Waals surface area (Å²) in [5.74, 6) is 0.318. The molecule has 0 spiro atoms. The molecule has 0 atom stereocenters. The fourth-order valence-corrected chi connectivity index (χ4v) is 1.44. The number of aromatic nitrogens is 1. The fourth-order valence-electron chi connectivity index (χ4n) is 1.44. The molecule has 0 saturated heterocycles. The summed E-state index contributed by atoms with van der Waals surface area (Å²) >= 11 is 0. The van der Waals surface area contributed by atoms with Gasteiger partial charge < -0.3 is 18.9 Å². The van der Waals surface area contributed by atoms with E-state index in [1.165, 1.54) is 19.1 Å². The standard InChI is InChI=1S/C13H23N3O4/c1-13(2,3)9-7-10(20-15-9)14-12(17)16(4)8-11(18-5)19-6/h7,11H,8H2,1-6H3,(H,14,17). The monoisotopic (exact) mass is 285 g/mol. The molecule has 7 heteroatoms. The Morgan fingerprint density at radius 2 is 2.05 bits per heavy atom. The van der Waals surface area contributed by atoms with Crippen LogP contribution in [0.15, 0.2) is 10.6 Å². The highest BCUT2D eigenvalue weighted by Crippen LogP contribution is 2.23. The third-order valence-corrected chi connectivity index (χ3v) is 2.80. The van der Waals surface area contributed by atoms with Crippen LogP contribution >= 0.6 is 0 Å². The number of rotatable bonds is 5. The van der Waals surface area contributed by atoms with Crippen molar-refractivity contribution in [1.29, 1.82) is 0 Å².